The van der Waals surface area contributed by atoms with Crippen molar-refractivity contribution < 1.29 is 14.3 Å². The number of rotatable bonds is 9. The van der Waals surface area contributed by atoms with E-state index in [0.717, 1.165) is 11.3 Å². The summed E-state index contributed by atoms with van der Waals surface area (Å²) in [6.07, 6.45) is 1.56. The van der Waals surface area contributed by atoms with Gasteiger partial charge in [0.2, 0.25) is 5.75 Å². The van der Waals surface area contributed by atoms with Crippen LogP contribution in [0.25, 0.3) is 10.2 Å². The lowest BCUT2D eigenvalue weighted by Crippen LogP contribution is -2.30. The van der Waals surface area contributed by atoms with E-state index in [1.54, 1.807) is 19.2 Å². The molecule has 8 nitrogen and oxygen atoms in total. The van der Waals surface area contributed by atoms with E-state index in [4.69, 9.17) is 21.1 Å². The summed E-state index contributed by atoms with van der Waals surface area (Å²) in [5, 5.41) is 3.20. The van der Waals surface area contributed by atoms with E-state index in [2.05, 4.69) is 0 Å². The molecule has 4 N–H and O–H groups in total. The monoisotopic (exact) mass is 490 g/mol. The summed E-state index contributed by atoms with van der Waals surface area (Å²) in [5.74, 6) is 5.45. The second-order valence-corrected chi connectivity index (χ2v) is 8.59. The van der Waals surface area contributed by atoms with Crippen LogP contribution >= 0.6 is 11.3 Å². The van der Waals surface area contributed by atoms with Gasteiger partial charge < -0.3 is 15.2 Å². The lowest BCUT2D eigenvalue weighted by Gasteiger charge is -2.18. The summed E-state index contributed by atoms with van der Waals surface area (Å²) in [4.78, 5) is 26.5. The molecule has 0 amide bonds. The van der Waals surface area contributed by atoms with Gasteiger partial charge in [-0.25, -0.2) is 10.6 Å². The van der Waals surface area contributed by atoms with E-state index in [9.17, 15) is 9.59 Å². The van der Waals surface area contributed by atoms with E-state index < -0.39 is 11.5 Å². The summed E-state index contributed by atoms with van der Waals surface area (Å²) in [6, 6.07) is 20.5. The second-order valence-electron chi connectivity index (χ2n) is 7.67. The van der Waals surface area contributed by atoms with Crippen LogP contribution in [0, 0.1) is 0 Å². The maximum Gasteiger partial charge on any atom is 0.343 e. The van der Waals surface area contributed by atoms with Gasteiger partial charge in [-0.05, 0) is 36.1 Å². The standard InChI is InChI=1S/C26H26N4O4S/c1-2-33-26(32)22-23(34-17-18-9-5-3-6-10-18)25(31)29(21-13-14-35-24(21)22)15-19(27)16-30(28)20-11-7-4-8-12-20/h3-14,16H,2,15,17,27-28H2,1H3/b19-16-. The number of fused-ring (bicyclic) bond motifs is 1. The first-order chi connectivity index (χ1) is 17.0. The number of para-hydroxylation sites is 1. The molecule has 2 heterocycles. The Morgan fingerprint density at radius 2 is 1.77 bits per heavy atom. The molecule has 0 bridgehead atoms. The van der Waals surface area contributed by atoms with Gasteiger partial charge in [0, 0.05) is 11.9 Å². The van der Waals surface area contributed by atoms with Crippen LogP contribution in [0.2, 0.25) is 0 Å². The van der Waals surface area contributed by atoms with Crippen LogP contribution in [0.15, 0.2) is 88.8 Å². The number of ether oxygens (including phenoxy) is 2. The molecule has 4 aromatic rings. The number of nitrogens with two attached hydrogens (primary N) is 2. The average molecular weight is 491 g/mol. The highest BCUT2D eigenvalue weighted by Crippen LogP contribution is 2.31. The van der Waals surface area contributed by atoms with Crippen LogP contribution in [-0.4, -0.2) is 17.1 Å². The Bertz CT molecular complexity index is 1400. The van der Waals surface area contributed by atoms with E-state index in [1.165, 1.54) is 20.9 Å². The van der Waals surface area contributed by atoms with Gasteiger partial charge in [-0.15, -0.1) is 11.3 Å². The summed E-state index contributed by atoms with van der Waals surface area (Å²) in [7, 11) is 0. The number of esters is 1. The number of anilines is 1. The van der Waals surface area contributed by atoms with Crippen molar-refractivity contribution in [1.29, 1.82) is 0 Å². The third-order valence-corrected chi connectivity index (χ3v) is 6.16. The molecule has 9 heteroatoms. The molecule has 35 heavy (non-hydrogen) atoms. The molecule has 0 aliphatic heterocycles. The van der Waals surface area contributed by atoms with Crippen LogP contribution in [0.3, 0.4) is 0 Å². The molecule has 0 saturated heterocycles. The molecule has 0 unspecified atom stereocenters. The number of hydrazine groups is 1. The zero-order valence-corrected chi connectivity index (χ0v) is 20.0. The highest BCUT2D eigenvalue weighted by molar-refractivity contribution is 7.17. The Morgan fingerprint density at radius 1 is 1.09 bits per heavy atom. The molecule has 2 aromatic heterocycles. The number of nitrogens with zero attached hydrogens (tertiary/aromatic N) is 2. The third-order valence-electron chi connectivity index (χ3n) is 5.23. The van der Waals surface area contributed by atoms with Gasteiger partial charge in [0.05, 0.1) is 29.1 Å². The van der Waals surface area contributed by atoms with E-state index in [1.807, 2.05) is 66.0 Å². The van der Waals surface area contributed by atoms with Crippen LogP contribution < -0.4 is 26.9 Å². The van der Waals surface area contributed by atoms with Crippen molar-refractivity contribution in [3.63, 3.8) is 0 Å². The Balaban J connectivity index is 1.76. The van der Waals surface area contributed by atoms with Crippen molar-refractivity contribution >= 4 is 33.2 Å². The number of aromatic nitrogens is 1. The van der Waals surface area contributed by atoms with Gasteiger partial charge in [0.25, 0.3) is 5.56 Å². The zero-order chi connectivity index (χ0) is 24.8. The molecule has 4 rings (SSSR count). The summed E-state index contributed by atoms with van der Waals surface area (Å²) >= 11 is 1.33. The average Bonchev–Trinajstić information content (AvgIpc) is 3.35. The largest absolute Gasteiger partial charge is 0.482 e. The number of thiophene rings is 1. The minimum absolute atomic E-state index is 0.0530. The molecule has 180 valence electrons. The number of allylic oxidation sites excluding steroid dienone is 1. The Morgan fingerprint density at radius 3 is 2.46 bits per heavy atom. The van der Waals surface area contributed by atoms with Crippen LogP contribution in [0.4, 0.5) is 5.69 Å². The Labute approximate surface area is 206 Å². The van der Waals surface area contributed by atoms with Gasteiger partial charge >= 0.3 is 5.97 Å². The van der Waals surface area contributed by atoms with Gasteiger partial charge in [-0.1, -0.05) is 48.5 Å². The normalized spacial score (nSPS) is 11.4. The first kappa shape index (κ1) is 24.1. The van der Waals surface area contributed by atoms with E-state index in [-0.39, 0.29) is 31.1 Å². The lowest BCUT2D eigenvalue weighted by atomic mass is 10.2. The van der Waals surface area contributed by atoms with Crippen LogP contribution in [-0.2, 0) is 17.9 Å². The maximum atomic E-state index is 13.6. The molecular formula is C26H26N4O4S. The van der Waals surface area contributed by atoms with Crippen LogP contribution in [0.5, 0.6) is 5.75 Å². The Kier molecular flexibility index (Phi) is 7.49. The van der Waals surface area contributed by atoms with Gasteiger partial charge in [-0.3, -0.25) is 14.4 Å². The fourth-order valence-corrected chi connectivity index (χ4v) is 4.56. The van der Waals surface area contributed by atoms with Crippen molar-refractivity contribution in [1.82, 2.24) is 4.57 Å². The molecular weight excluding hydrogens is 464 g/mol. The summed E-state index contributed by atoms with van der Waals surface area (Å²) in [5.41, 5.74) is 8.45. The quantitative estimate of drug-likeness (QED) is 0.207. The minimum Gasteiger partial charge on any atom is -0.482 e. The molecule has 2 aromatic carbocycles. The highest BCUT2D eigenvalue weighted by Gasteiger charge is 2.26. The molecule has 0 spiro atoms. The van der Waals surface area contributed by atoms with Crippen molar-refractivity contribution in [2.75, 3.05) is 11.6 Å². The first-order valence-corrected chi connectivity index (χ1v) is 11.9. The van der Waals surface area contributed by atoms with Crippen LogP contribution in [0.1, 0.15) is 22.8 Å². The van der Waals surface area contributed by atoms with E-state index >= 15 is 0 Å². The van der Waals surface area contributed by atoms with E-state index in [0.29, 0.717) is 15.9 Å². The number of carbonyl (C=O) groups is 1. The number of carbonyl (C=O) groups excluding carboxylic acids is 1. The summed E-state index contributed by atoms with van der Waals surface area (Å²) in [6.45, 7) is 2.06. The third kappa shape index (κ3) is 5.37. The zero-order valence-electron chi connectivity index (χ0n) is 19.2. The second kappa shape index (κ2) is 10.9. The van der Waals surface area contributed by atoms with Gasteiger partial charge in [0.15, 0.2) is 0 Å². The van der Waals surface area contributed by atoms with Crippen molar-refractivity contribution in [2.24, 2.45) is 11.6 Å². The fraction of sp³-hybridized carbons (Fsp3) is 0.154. The van der Waals surface area contributed by atoms with Gasteiger partial charge in [-0.2, -0.15) is 0 Å². The molecule has 0 aliphatic carbocycles. The predicted octanol–water partition coefficient (Wildman–Crippen LogP) is 4.00. The maximum absolute atomic E-state index is 13.6. The minimum atomic E-state index is -0.604. The lowest BCUT2D eigenvalue weighted by molar-refractivity contribution is 0.0523. The van der Waals surface area contributed by atoms with Crippen molar-refractivity contribution in [2.45, 2.75) is 20.1 Å². The number of pyridine rings is 1. The van der Waals surface area contributed by atoms with Crippen molar-refractivity contribution in [3.05, 3.63) is 105 Å². The molecule has 0 fully saturated rings. The number of hydrogen-bond donors (Lipinski definition) is 2. The molecule has 0 aliphatic rings. The SMILES string of the molecule is CCOC(=O)c1c(OCc2ccccc2)c(=O)n(C/C(N)=C/N(N)c2ccccc2)c2ccsc12. The van der Waals surface area contributed by atoms with Gasteiger partial charge in [0.1, 0.15) is 12.2 Å². The fourth-order valence-electron chi connectivity index (χ4n) is 3.63. The number of hydrogen-bond acceptors (Lipinski definition) is 8. The first-order valence-electron chi connectivity index (χ1n) is 11.0. The summed E-state index contributed by atoms with van der Waals surface area (Å²) < 4.78 is 13.3. The Hall–Kier alpha value is -4.08. The molecule has 0 atom stereocenters. The molecule has 0 radical (unpaired) electrons. The predicted molar refractivity (Wildman–Crippen MR) is 138 cm³/mol. The number of benzene rings is 2. The topological polar surface area (TPSA) is 113 Å². The van der Waals surface area contributed by atoms with Crippen molar-refractivity contribution in [3.8, 4) is 5.75 Å². The smallest absolute Gasteiger partial charge is 0.343 e. The highest BCUT2D eigenvalue weighted by atomic mass is 32.1. The molecule has 0 saturated carbocycles.